The molecule has 2 rings (SSSR count). The smallest absolute Gasteiger partial charge is 0.253 e. The molecule has 112 valence electrons. The fourth-order valence-electron chi connectivity index (χ4n) is 1.64. The van der Waals surface area contributed by atoms with Crippen LogP contribution in [0.3, 0.4) is 0 Å². The average Bonchev–Trinajstić information content (AvgIpc) is 2.72. The number of thiazole rings is 1. The summed E-state index contributed by atoms with van der Waals surface area (Å²) < 4.78 is 1.80. The molecule has 21 heavy (non-hydrogen) atoms. The van der Waals surface area contributed by atoms with Crippen LogP contribution in [0.25, 0.3) is 5.69 Å². The molecule has 6 heteroatoms. The summed E-state index contributed by atoms with van der Waals surface area (Å²) in [5, 5.41) is 0.917. The normalized spacial score (nSPS) is 12.8. The summed E-state index contributed by atoms with van der Waals surface area (Å²) >= 11 is 13.8. The third-order valence-electron chi connectivity index (χ3n) is 2.80. The van der Waals surface area contributed by atoms with E-state index in [0.29, 0.717) is 20.5 Å². The van der Waals surface area contributed by atoms with Crippen LogP contribution in [-0.2, 0) is 4.79 Å². The van der Waals surface area contributed by atoms with Crippen LogP contribution in [0.5, 0.6) is 0 Å². The number of aromatic nitrogens is 1. The van der Waals surface area contributed by atoms with E-state index in [-0.39, 0.29) is 5.91 Å². The Morgan fingerprint density at radius 2 is 1.95 bits per heavy atom. The van der Waals surface area contributed by atoms with Crippen molar-refractivity contribution in [1.82, 2.24) is 4.57 Å². The summed E-state index contributed by atoms with van der Waals surface area (Å²) in [4.78, 5) is 18.0. The highest BCUT2D eigenvalue weighted by atomic mass is 35.5. The molecule has 1 aromatic heterocycles. The lowest BCUT2D eigenvalue weighted by Gasteiger charge is -2.12. The number of aryl methyl sites for hydroxylation is 1. The number of hydrogen-bond acceptors (Lipinski definition) is 2. The molecule has 0 aliphatic carbocycles. The standard InChI is InChI=1S/C15H16Cl2N2OS/c1-9-8-19(11-7-5-6-10(16)12(11)17)14(21-9)18-13(20)15(2,3)4/h5-8H,1-4H3/b18-14-. The summed E-state index contributed by atoms with van der Waals surface area (Å²) in [6, 6.07) is 5.39. The van der Waals surface area contributed by atoms with Crippen LogP contribution < -0.4 is 4.80 Å². The monoisotopic (exact) mass is 342 g/mol. The molecule has 3 nitrogen and oxygen atoms in total. The summed E-state index contributed by atoms with van der Waals surface area (Å²) in [7, 11) is 0. The first kappa shape index (κ1) is 16.3. The molecule has 0 fully saturated rings. The second-order valence-corrected chi connectivity index (χ2v) is 7.73. The van der Waals surface area contributed by atoms with Crippen molar-refractivity contribution in [2.45, 2.75) is 27.7 Å². The van der Waals surface area contributed by atoms with Crippen molar-refractivity contribution >= 4 is 40.4 Å². The van der Waals surface area contributed by atoms with Crippen molar-refractivity contribution in [2.75, 3.05) is 0 Å². The zero-order valence-corrected chi connectivity index (χ0v) is 14.6. The Kier molecular flexibility index (Phi) is 4.61. The molecule has 0 aliphatic heterocycles. The maximum absolute atomic E-state index is 12.1. The molecule has 2 aromatic rings. The number of hydrogen-bond donors (Lipinski definition) is 0. The number of amides is 1. The minimum atomic E-state index is -0.520. The fraction of sp³-hybridized carbons (Fsp3) is 0.333. The molecule has 0 spiro atoms. The van der Waals surface area contributed by atoms with Crippen molar-refractivity contribution in [3.8, 4) is 5.69 Å². The molecule has 0 radical (unpaired) electrons. The van der Waals surface area contributed by atoms with Gasteiger partial charge in [0.15, 0.2) is 4.80 Å². The average molecular weight is 343 g/mol. The van der Waals surface area contributed by atoms with Crippen LogP contribution >= 0.6 is 34.5 Å². The lowest BCUT2D eigenvalue weighted by molar-refractivity contribution is -0.125. The second kappa shape index (κ2) is 5.95. The first-order chi connectivity index (χ1) is 9.70. The van der Waals surface area contributed by atoms with E-state index in [1.54, 1.807) is 10.6 Å². The van der Waals surface area contributed by atoms with Gasteiger partial charge in [-0.25, -0.2) is 0 Å². The van der Waals surface area contributed by atoms with E-state index in [9.17, 15) is 4.79 Å². The van der Waals surface area contributed by atoms with E-state index in [4.69, 9.17) is 23.2 Å². The molecular formula is C15H16Cl2N2OS. The highest BCUT2D eigenvalue weighted by molar-refractivity contribution is 7.09. The van der Waals surface area contributed by atoms with Crippen molar-refractivity contribution in [1.29, 1.82) is 0 Å². The molecule has 0 saturated heterocycles. The van der Waals surface area contributed by atoms with Gasteiger partial charge in [-0.05, 0) is 19.1 Å². The van der Waals surface area contributed by atoms with Crippen LogP contribution in [0.4, 0.5) is 0 Å². The van der Waals surface area contributed by atoms with E-state index in [1.165, 1.54) is 11.3 Å². The molecular weight excluding hydrogens is 327 g/mol. The van der Waals surface area contributed by atoms with Gasteiger partial charge >= 0.3 is 0 Å². The number of rotatable bonds is 1. The lowest BCUT2D eigenvalue weighted by Crippen LogP contribution is -2.23. The zero-order chi connectivity index (χ0) is 15.8. The van der Waals surface area contributed by atoms with E-state index in [1.807, 2.05) is 46.0 Å². The molecule has 0 N–H and O–H groups in total. The largest absolute Gasteiger partial charge is 0.291 e. The maximum atomic E-state index is 12.1. The van der Waals surface area contributed by atoms with Gasteiger partial charge in [0.05, 0.1) is 15.7 Å². The highest BCUT2D eigenvalue weighted by Gasteiger charge is 2.21. The van der Waals surface area contributed by atoms with Crippen LogP contribution in [0, 0.1) is 12.3 Å². The summed E-state index contributed by atoms with van der Waals surface area (Å²) in [5.74, 6) is -0.170. The molecule has 1 heterocycles. The van der Waals surface area contributed by atoms with Crippen LogP contribution in [0.2, 0.25) is 10.0 Å². The van der Waals surface area contributed by atoms with Gasteiger partial charge in [0.1, 0.15) is 0 Å². The SMILES string of the molecule is Cc1cn(-c2cccc(Cl)c2Cl)/c(=N/C(=O)C(C)(C)C)s1. The van der Waals surface area contributed by atoms with Gasteiger partial charge < -0.3 is 0 Å². The molecule has 0 atom stereocenters. The molecule has 0 saturated carbocycles. The Morgan fingerprint density at radius 3 is 2.57 bits per heavy atom. The zero-order valence-electron chi connectivity index (χ0n) is 12.3. The number of carbonyl (C=O) groups excluding carboxylic acids is 1. The van der Waals surface area contributed by atoms with Crippen molar-refractivity contribution in [3.05, 3.63) is 44.1 Å². The van der Waals surface area contributed by atoms with Crippen molar-refractivity contribution in [2.24, 2.45) is 10.4 Å². The van der Waals surface area contributed by atoms with Gasteiger partial charge in [-0.1, -0.05) is 50.0 Å². The van der Waals surface area contributed by atoms with Gasteiger partial charge in [0, 0.05) is 16.5 Å². The van der Waals surface area contributed by atoms with E-state index in [0.717, 1.165) is 4.88 Å². The van der Waals surface area contributed by atoms with Gasteiger partial charge in [-0.2, -0.15) is 4.99 Å². The third kappa shape index (κ3) is 3.57. The Bertz CT molecular complexity index is 754. The highest BCUT2D eigenvalue weighted by Crippen LogP contribution is 2.28. The van der Waals surface area contributed by atoms with E-state index >= 15 is 0 Å². The Morgan fingerprint density at radius 1 is 1.29 bits per heavy atom. The molecule has 1 aromatic carbocycles. The summed E-state index contributed by atoms with van der Waals surface area (Å²) in [5.41, 5.74) is 0.197. The minimum absolute atomic E-state index is 0.170. The maximum Gasteiger partial charge on any atom is 0.253 e. The quantitative estimate of drug-likeness (QED) is 0.743. The fourth-order valence-corrected chi connectivity index (χ4v) is 2.85. The summed E-state index contributed by atoms with van der Waals surface area (Å²) in [6.45, 7) is 7.49. The number of benzene rings is 1. The number of halogens is 2. The molecule has 0 aliphatic rings. The number of carbonyl (C=O) groups is 1. The van der Waals surface area contributed by atoms with Gasteiger partial charge in [-0.15, -0.1) is 11.3 Å². The summed E-state index contributed by atoms with van der Waals surface area (Å²) in [6.07, 6.45) is 1.90. The topological polar surface area (TPSA) is 34.4 Å². The molecule has 0 unspecified atom stereocenters. The predicted molar refractivity (Wildman–Crippen MR) is 88.4 cm³/mol. The van der Waals surface area contributed by atoms with Crippen LogP contribution in [0.15, 0.2) is 29.4 Å². The van der Waals surface area contributed by atoms with Gasteiger partial charge in [0.2, 0.25) is 0 Å². The molecule has 0 bridgehead atoms. The van der Waals surface area contributed by atoms with E-state index in [2.05, 4.69) is 4.99 Å². The molecule has 1 amide bonds. The first-order valence-corrected chi connectivity index (χ1v) is 8.00. The number of nitrogens with zero attached hydrogens (tertiary/aromatic N) is 2. The van der Waals surface area contributed by atoms with E-state index < -0.39 is 5.41 Å². The Labute approximate surface area is 137 Å². The predicted octanol–water partition coefficient (Wildman–Crippen LogP) is 4.63. The van der Waals surface area contributed by atoms with Crippen LogP contribution in [0.1, 0.15) is 25.6 Å². The Hall–Kier alpha value is -1.10. The first-order valence-electron chi connectivity index (χ1n) is 6.43. The van der Waals surface area contributed by atoms with Crippen LogP contribution in [-0.4, -0.2) is 10.5 Å². The minimum Gasteiger partial charge on any atom is -0.291 e. The van der Waals surface area contributed by atoms with Crippen molar-refractivity contribution in [3.63, 3.8) is 0 Å². The lowest BCUT2D eigenvalue weighted by atomic mass is 9.96. The van der Waals surface area contributed by atoms with Gasteiger partial charge in [0.25, 0.3) is 5.91 Å². The second-order valence-electron chi connectivity index (χ2n) is 5.73. The third-order valence-corrected chi connectivity index (χ3v) is 4.51. The Balaban J connectivity index is 2.65. The van der Waals surface area contributed by atoms with Crippen molar-refractivity contribution < 1.29 is 4.79 Å². The van der Waals surface area contributed by atoms with Gasteiger partial charge in [-0.3, -0.25) is 9.36 Å².